The van der Waals surface area contributed by atoms with Gasteiger partial charge in [-0.1, -0.05) is 11.6 Å². The summed E-state index contributed by atoms with van der Waals surface area (Å²) in [6, 6.07) is 10.1. The van der Waals surface area contributed by atoms with E-state index in [1.807, 2.05) is 25.1 Å². The number of aromatic carboxylic acids is 1. The molecule has 6 nitrogen and oxygen atoms in total. The largest absolute Gasteiger partial charge is 0.507 e. The van der Waals surface area contributed by atoms with Gasteiger partial charge in [0.05, 0.1) is 5.52 Å². The van der Waals surface area contributed by atoms with E-state index in [1.54, 1.807) is 6.07 Å². The number of aromatic nitrogens is 2. The molecule has 0 fully saturated rings. The number of nitrogens with one attached hydrogen (secondary N) is 1. The van der Waals surface area contributed by atoms with E-state index < -0.39 is 5.97 Å². The Balaban J connectivity index is 2.05. The number of carboxylic acid groups (broad SMARTS) is 1. The second-order valence-corrected chi connectivity index (χ2v) is 4.90. The molecule has 6 heteroatoms. The Hall–Kier alpha value is -3.15. The Morgan fingerprint density at radius 1 is 1.14 bits per heavy atom. The van der Waals surface area contributed by atoms with Gasteiger partial charge in [-0.25, -0.2) is 14.8 Å². The first-order valence-corrected chi connectivity index (χ1v) is 6.59. The molecular formula is C16H13N3O3. The summed E-state index contributed by atoms with van der Waals surface area (Å²) in [5, 5.41) is 22.5. The molecule has 3 rings (SSSR count). The number of aromatic hydroxyl groups is 1. The minimum absolute atomic E-state index is 0.167. The fourth-order valence-electron chi connectivity index (χ4n) is 2.19. The van der Waals surface area contributed by atoms with Crippen molar-refractivity contribution in [3.63, 3.8) is 0 Å². The number of anilines is 2. The van der Waals surface area contributed by atoms with Gasteiger partial charge in [-0.05, 0) is 37.3 Å². The zero-order valence-electron chi connectivity index (χ0n) is 11.7. The number of nitrogens with zero attached hydrogens (tertiary/aromatic N) is 2. The highest BCUT2D eigenvalue weighted by Gasteiger charge is 2.11. The van der Waals surface area contributed by atoms with Gasteiger partial charge in [0.1, 0.15) is 23.5 Å². The number of rotatable bonds is 3. The predicted molar refractivity (Wildman–Crippen MR) is 82.6 cm³/mol. The Labute approximate surface area is 126 Å². The lowest BCUT2D eigenvalue weighted by Gasteiger charge is -2.10. The Morgan fingerprint density at radius 2 is 1.95 bits per heavy atom. The van der Waals surface area contributed by atoms with Crippen molar-refractivity contribution in [2.45, 2.75) is 6.92 Å². The number of benzene rings is 2. The SMILES string of the molecule is Cc1ccc2ncnc(Nc3ccc(O)c(C(=O)O)c3)c2c1. The van der Waals surface area contributed by atoms with Crippen molar-refractivity contribution in [3.8, 4) is 5.75 Å². The average Bonchev–Trinajstić information content (AvgIpc) is 2.49. The first kappa shape index (κ1) is 13.8. The molecule has 1 aromatic heterocycles. The van der Waals surface area contributed by atoms with Crippen LogP contribution in [0.4, 0.5) is 11.5 Å². The van der Waals surface area contributed by atoms with Crippen LogP contribution in [0, 0.1) is 6.92 Å². The highest BCUT2D eigenvalue weighted by atomic mass is 16.4. The van der Waals surface area contributed by atoms with Gasteiger partial charge in [-0.3, -0.25) is 0 Å². The van der Waals surface area contributed by atoms with Crippen molar-refractivity contribution >= 4 is 28.4 Å². The molecule has 0 aliphatic rings. The van der Waals surface area contributed by atoms with Gasteiger partial charge in [0.15, 0.2) is 0 Å². The third kappa shape index (κ3) is 2.54. The molecule has 3 N–H and O–H groups in total. The van der Waals surface area contributed by atoms with E-state index in [0.717, 1.165) is 16.5 Å². The maximum Gasteiger partial charge on any atom is 0.339 e. The van der Waals surface area contributed by atoms with Gasteiger partial charge in [0.2, 0.25) is 0 Å². The second-order valence-electron chi connectivity index (χ2n) is 4.90. The third-order valence-electron chi connectivity index (χ3n) is 3.28. The van der Waals surface area contributed by atoms with Crippen LogP contribution in [0.15, 0.2) is 42.7 Å². The molecule has 0 radical (unpaired) electrons. The van der Waals surface area contributed by atoms with Crippen LogP contribution in [0.3, 0.4) is 0 Å². The fraction of sp³-hybridized carbons (Fsp3) is 0.0625. The van der Waals surface area contributed by atoms with Crippen molar-refractivity contribution in [3.05, 3.63) is 53.9 Å². The van der Waals surface area contributed by atoms with Crippen molar-refractivity contribution in [2.75, 3.05) is 5.32 Å². The Kier molecular flexibility index (Phi) is 3.34. The molecule has 22 heavy (non-hydrogen) atoms. The molecule has 1 heterocycles. The van der Waals surface area contributed by atoms with Crippen molar-refractivity contribution in [1.29, 1.82) is 0 Å². The highest BCUT2D eigenvalue weighted by Crippen LogP contribution is 2.27. The Morgan fingerprint density at radius 3 is 2.73 bits per heavy atom. The summed E-state index contributed by atoms with van der Waals surface area (Å²) >= 11 is 0. The summed E-state index contributed by atoms with van der Waals surface area (Å²) in [5.41, 5.74) is 2.22. The van der Waals surface area contributed by atoms with Gasteiger partial charge >= 0.3 is 5.97 Å². The van der Waals surface area contributed by atoms with E-state index >= 15 is 0 Å². The first-order chi connectivity index (χ1) is 10.5. The molecule has 0 saturated carbocycles. The van der Waals surface area contributed by atoms with Crippen LogP contribution in [0.1, 0.15) is 15.9 Å². The number of carbonyl (C=O) groups is 1. The first-order valence-electron chi connectivity index (χ1n) is 6.59. The van der Waals surface area contributed by atoms with Crippen LogP contribution in [-0.4, -0.2) is 26.2 Å². The maximum absolute atomic E-state index is 11.1. The van der Waals surface area contributed by atoms with Crippen molar-refractivity contribution in [2.24, 2.45) is 0 Å². The number of phenols is 1. The van der Waals surface area contributed by atoms with Gasteiger partial charge in [0.25, 0.3) is 0 Å². The number of hydrogen-bond donors (Lipinski definition) is 3. The molecule has 2 aromatic carbocycles. The molecule has 3 aromatic rings. The summed E-state index contributed by atoms with van der Waals surface area (Å²) < 4.78 is 0. The Bertz CT molecular complexity index is 878. The molecule has 0 atom stereocenters. The predicted octanol–water partition coefficient (Wildman–Crippen LogP) is 3.09. The zero-order valence-corrected chi connectivity index (χ0v) is 11.7. The van der Waals surface area contributed by atoms with Crippen molar-refractivity contribution < 1.29 is 15.0 Å². The quantitative estimate of drug-likeness (QED) is 0.643. The van der Waals surface area contributed by atoms with E-state index in [4.69, 9.17) is 5.11 Å². The van der Waals surface area contributed by atoms with E-state index in [2.05, 4.69) is 15.3 Å². The second kappa shape index (κ2) is 5.33. The van der Waals surface area contributed by atoms with E-state index in [1.165, 1.54) is 18.5 Å². The number of fused-ring (bicyclic) bond motifs is 1. The molecule has 110 valence electrons. The van der Waals surface area contributed by atoms with Crippen LogP contribution in [0.5, 0.6) is 5.75 Å². The number of carboxylic acids is 1. The molecule has 0 aliphatic carbocycles. The van der Waals surface area contributed by atoms with Crippen LogP contribution < -0.4 is 5.32 Å². The fourth-order valence-corrected chi connectivity index (χ4v) is 2.19. The molecule has 0 bridgehead atoms. The maximum atomic E-state index is 11.1. The summed E-state index contributed by atoms with van der Waals surface area (Å²) in [6.45, 7) is 1.97. The molecule has 0 aliphatic heterocycles. The number of hydrogen-bond acceptors (Lipinski definition) is 5. The molecule has 0 spiro atoms. The lowest BCUT2D eigenvalue weighted by Crippen LogP contribution is -2.00. The molecule has 0 unspecified atom stereocenters. The van der Waals surface area contributed by atoms with E-state index in [9.17, 15) is 9.90 Å². The smallest absolute Gasteiger partial charge is 0.339 e. The highest BCUT2D eigenvalue weighted by molar-refractivity contribution is 5.94. The lowest BCUT2D eigenvalue weighted by molar-refractivity contribution is 0.0694. The van der Waals surface area contributed by atoms with Gasteiger partial charge in [0, 0.05) is 11.1 Å². The van der Waals surface area contributed by atoms with E-state index in [0.29, 0.717) is 11.5 Å². The minimum atomic E-state index is -1.19. The molecule has 0 saturated heterocycles. The summed E-state index contributed by atoms with van der Waals surface area (Å²) in [6.07, 6.45) is 1.44. The molecular weight excluding hydrogens is 282 g/mol. The van der Waals surface area contributed by atoms with Gasteiger partial charge in [-0.2, -0.15) is 0 Å². The average molecular weight is 295 g/mol. The van der Waals surface area contributed by atoms with Crippen LogP contribution in [-0.2, 0) is 0 Å². The summed E-state index contributed by atoms with van der Waals surface area (Å²) in [5.74, 6) is -0.887. The van der Waals surface area contributed by atoms with Crippen LogP contribution in [0.2, 0.25) is 0 Å². The monoisotopic (exact) mass is 295 g/mol. The van der Waals surface area contributed by atoms with Crippen molar-refractivity contribution in [1.82, 2.24) is 9.97 Å². The van der Waals surface area contributed by atoms with Crippen LogP contribution >= 0.6 is 0 Å². The van der Waals surface area contributed by atoms with Gasteiger partial charge < -0.3 is 15.5 Å². The summed E-state index contributed by atoms with van der Waals surface area (Å²) in [7, 11) is 0. The van der Waals surface area contributed by atoms with Gasteiger partial charge in [-0.15, -0.1) is 0 Å². The molecule has 0 amide bonds. The lowest BCUT2D eigenvalue weighted by atomic mass is 10.1. The van der Waals surface area contributed by atoms with Crippen LogP contribution in [0.25, 0.3) is 10.9 Å². The topological polar surface area (TPSA) is 95.3 Å². The van der Waals surface area contributed by atoms with E-state index in [-0.39, 0.29) is 11.3 Å². The normalized spacial score (nSPS) is 10.6. The summed E-state index contributed by atoms with van der Waals surface area (Å²) in [4.78, 5) is 19.5. The third-order valence-corrected chi connectivity index (χ3v) is 3.28. The standard InChI is InChI=1S/C16H13N3O3/c1-9-2-4-13-11(6-9)15(18-8-17-13)19-10-3-5-14(20)12(7-10)16(21)22/h2-8,20H,1H3,(H,21,22)(H,17,18,19). The zero-order chi connectivity index (χ0) is 15.7. The minimum Gasteiger partial charge on any atom is -0.507 e. The number of aryl methyl sites for hydroxylation is 1.